The molecule has 2 aromatic rings. The van der Waals surface area contributed by atoms with Crippen LogP contribution in [0.4, 0.5) is 13.6 Å². The van der Waals surface area contributed by atoms with Crippen LogP contribution in [0, 0.1) is 12.8 Å². The molecule has 0 spiro atoms. The molecular formula is C21H26F2N4O4S. The van der Waals surface area contributed by atoms with Crippen molar-refractivity contribution in [2.24, 2.45) is 10.9 Å². The Morgan fingerprint density at radius 2 is 2.00 bits per heavy atom. The Kier molecular flexibility index (Phi) is 5.51. The van der Waals surface area contributed by atoms with E-state index in [0.29, 0.717) is 20.7 Å². The highest BCUT2D eigenvalue weighted by Crippen LogP contribution is 2.49. The summed E-state index contributed by atoms with van der Waals surface area (Å²) in [6.07, 6.45) is 2.12. The normalized spacial score (nSPS) is 20.1. The summed E-state index contributed by atoms with van der Waals surface area (Å²) in [6.45, 7) is 6.86. The van der Waals surface area contributed by atoms with E-state index in [-0.39, 0.29) is 31.2 Å². The summed E-state index contributed by atoms with van der Waals surface area (Å²) in [5, 5.41) is 2.88. The highest BCUT2D eigenvalue weighted by Gasteiger charge is 2.57. The lowest BCUT2D eigenvalue weighted by atomic mass is 10.2. The number of halogens is 2. The highest BCUT2D eigenvalue weighted by molar-refractivity contribution is 7.20. The van der Waals surface area contributed by atoms with E-state index in [2.05, 4.69) is 10.3 Å². The first-order valence-corrected chi connectivity index (χ1v) is 11.3. The summed E-state index contributed by atoms with van der Waals surface area (Å²) < 4.78 is 34.8. The van der Waals surface area contributed by atoms with E-state index >= 15 is 0 Å². The second-order valence-corrected chi connectivity index (χ2v) is 10.4. The fourth-order valence-electron chi connectivity index (χ4n) is 3.56. The van der Waals surface area contributed by atoms with Crippen molar-refractivity contribution in [1.82, 2.24) is 14.5 Å². The molecule has 0 aliphatic heterocycles. The molecule has 0 saturated heterocycles. The number of amides is 1. The van der Waals surface area contributed by atoms with Crippen LogP contribution in [0.3, 0.4) is 0 Å². The number of nitrogens with one attached hydrogen (secondary N) is 1. The standard InChI is InChI=1S/C21H26F2N4O4S/c1-11-14(8-24-10-25-18(29)31-20(2,3)4)32-17-15(11)16(28)27(13-5-6-13)19(30)26(17)9-12-7-21(12,22)23/h8,12-13H,5-7,9-10H2,1-4H3,(H,25,29). The average Bonchev–Trinajstić information content (AvgIpc) is 3.55. The summed E-state index contributed by atoms with van der Waals surface area (Å²) in [5.74, 6) is -3.66. The van der Waals surface area contributed by atoms with Gasteiger partial charge in [-0.25, -0.2) is 18.4 Å². The molecule has 1 unspecified atom stereocenters. The van der Waals surface area contributed by atoms with Crippen molar-refractivity contribution in [3.8, 4) is 0 Å². The van der Waals surface area contributed by atoms with E-state index in [1.54, 1.807) is 27.7 Å². The maximum Gasteiger partial charge on any atom is 0.409 e. The van der Waals surface area contributed by atoms with E-state index in [9.17, 15) is 23.2 Å². The minimum absolute atomic E-state index is 0.0317. The molecule has 174 valence electrons. The zero-order valence-electron chi connectivity index (χ0n) is 18.4. The number of aromatic nitrogens is 2. The molecule has 2 heterocycles. The molecule has 0 aromatic carbocycles. The Morgan fingerprint density at radius 1 is 1.34 bits per heavy atom. The lowest BCUT2D eigenvalue weighted by Crippen LogP contribution is -2.39. The number of aryl methyl sites for hydroxylation is 1. The lowest BCUT2D eigenvalue weighted by Gasteiger charge is -2.19. The van der Waals surface area contributed by atoms with Crippen molar-refractivity contribution < 1.29 is 18.3 Å². The number of fused-ring (bicyclic) bond motifs is 1. The molecule has 0 radical (unpaired) electrons. The fourth-order valence-corrected chi connectivity index (χ4v) is 4.76. The maximum atomic E-state index is 13.6. The molecule has 11 heteroatoms. The number of hydrogen-bond donors (Lipinski definition) is 1. The van der Waals surface area contributed by atoms with Crippen LogP contribution in [0.1, 0.15) is 56.5 Å². The summed E-state index contributed by atoms with van der Waals surface area (Å²) in [4.78, 5) is 43.0. The van der Waals surface area contributed by atoms with Gasteiger partial charge >= 0.3 is 11.8 Å². The van der Waals surface area contributed by atoms with Crippen molar-refractivity contribution in [2.75, 3.05) is 6.67 Å². The first-order valence-electron chi connectivity index (χ1n) is 10.5. The second kappa shape index (κ2) is 7.79. The quantitative estimate of drug-likeness (QED) is 0.658. The van der Waals surface area contributed by atoms with Crippen LogP contribution in [-0.2, 0) is 11.3 Å². The van der Waals surface area contributed by atoms with Gasteiger partial charge in [-0.1, -0.05) is 0 Å². The van der Waals surface area contributed by atoms with E-state index < -0.39 is 29.2 Å². The van der Waals surface area contributed by atoms with Crippen molar-refractivity contribution >= 4 is 33.9 Å². The Morgan fingerprint density at radius 3 is 2.56 bits per heavy atom. The summed E-state index contributed by atoms with van der Waals surface area (Å²) >= 11 is 1.17. The molecule has 32 heavy (non-hydrogen) atoms. The van der Waals surface area contributed by atoms with Crippen molar-refractivity contribution in [2.45, 2.75) is 71.1 Å². The van der Waals surface area contributed by atoms with Gasteiger partial charge in [-0.15, -0.1) is 11.3 Å². The van der Waals surface area contributed by atoms with Crippen LogP contribution >= 0.6 is 11.3 Å². The zero-order chi connectivity index (χ0) is 23.4. The van der Waals surface area contributed by atoms with E-state index in [1.165, 1.54) is 26.7 Å². The number of alkyl carbamates (subject to hydrolysis) is 1. The van der Waals surface area contributed by atoms with Gasteiger partial charge in [0.15, 0.2) is 0 Å². The number of hydrogen-bond acceptors (Lipinski definition) is 6. The van der Waals surface area contributed by atoms with Crippen molar-refractivity contribution in [3.05, 3.63) is 31.3 Å². The van der Waals surface area contributed by atoms with Gasteiger partial charge in [-0.05, 0) is 46.1 Å². The summed E-state index contributed by atoms with van der Waals surface area (Å²) in [6, 6.07) is -0.167. The molecule has 1 atom stereocenters. The van der Waals surface area contributed by atoms with E-state index in [1.807, 2.05) is 0 Å². The number of nitrogens with zero attached hydrogens (tertiary/aromatic N) is 3. The molecule has 0 bridgehead atoms. The van der Waals surface area contributed by atoms with Gasteiger partial charge in [0.2, 0.25) is 0 Å². The number of carbonyl (C=O) groups excluding carboxylic acids is 1. The summed E-state index contributed by atoms with van der Waals surface area (Å²) in [7, 11) is 0. The SMILES string of the molecule is Cc1c(C=NCNC(=O)OC(C)(C)C)sc2c1c(=O)n(C1CC1)c(=O)n2CC1CC1(F)F. The molecule has 2 saturated carbocycles. The molecule has 2 aromatic heterocycles. The topological polar surface area (TPSA) is 94.7 Å². The van der Waals surface area contributed by atoms with Gasteiger partial charge < -0.3 is 10.1 Å². The van der Waals surface area contributed by atoms with Crippen LogP contribution < -0.4 is 16.6 Å². The van der Waals surface area contributed by atoms with Gasteiger partial charge in [-0.2, -0.15) is 0 Å². The molecule has 2 fully saturated rings. The summed E-state index contributed by atoms with van der Waals surface area (Å²) in [5.41, 5.74) is -0.892. The predicted octanol–water partition coefficient (Wildman–Crippen LogP) is 3.42. The van der Waals surface area contributed by atoms with Crippen LogP contribution in [0.15, 0.2) is 14.6 Å². The molecule has 2 aliphatic carbocycles. The minimum Gasteiger partial charge on any atom is -0.444 e. The van der Waals surface area contributed by atoms with Gasteiger partial charge in [0.05, 0.1) is 10.3 Å². The van der Waals surface area contributed by atoms with Gasteiger partial charge in [0.25, 0.3) is 11.5 Å². The number of alkyl halides is 2. The number of carbonyl (C=O) groups is 1. The number of aliphatic imine (C=N–C) groups is 1. The Hall–Kier alpha value is -2.56. The first kappa shape index (κ1) is 22.6. The zero-order valence-corrected chi connectivity index (χ0v) is 19.2. The maximum absolute atomic E-state index is 13.6. The Balaban J connectivity index is 1.65. The third-order valence-electron chi connectivity index (χ3n) is 5.47. The van der Waals surface area contributed by atoms with Crippen LogP contribution in [0.2, 0.25) is 0 Å². The van der Waals surface area contributed by atoms with Crippen LogP contribution in [0.25, 0.3) is 10.2 Å². The monoisotopic (exact) mass is 468 g/mol. The molecule has 4 rings (SSSR count). The van der Waals surface area contributed by atoms with Crippen molar-refractivity contribution in [1.29, 1.82) is 0 Å². The Labute approximate surface area is 186 Å². The highest BCUT2D eigenvalue weighted by atomic mass is 32.1. The van der Waals surface area contributed by atoms with Crippen molar-refractivity contribution in [3.63, 3.8) is 0 Å². The third-order valence-corrected chi connectivity index (χ3v) is 6.72. The number of ether oxygens (including phenoxy) is 1. The van der Waals surface area contributed by atoms with Gasteiger partial charge in [-0.3, -0.25) is 18.9 Å². The molecule has 2 aliphatic rings. The fraction of sp³-hybridized carbons (Fsp3) is 0.619. The van der Waals surface area contributed by atoms with E-state index in [0.717, 1.165) is 12.8 Å². The molecule has 1 N–H and O–H groups in total. The van der Waals surface area contributed by atoms with Crippen LogP contribution in [-0.4, -0.2) is 39.6 Å². The first-order chi connectivity index (χ1) is 14.9. The smallest absolute Gasteiger partial charge is 0.409 e. The van der Waals surface area contributed by atoms with Crippen LogP contribution in [0.5, 0.6) is 0 Å². The van der Waals surface area contributed by atoms with E-state index in [4.69, 9.17) is 4.74 Å². The molecular weight excluding hydrogens is 442 g/mol. The largest absolute Gasteiger partial charge is 0.444 e. The molecule has 8 nitrogen and oxygen atoms in total. The number of rotatable bonds is 6. The van der Waals surface area contributed by atoms with Gasteiger partial charge in [0, 0.05) is 31.1 Å². The van der Waals surface area contributed by atoms with Gasteiger partial charge in [0.1, 0.15) is 17.1 Å². The third kappa shape index (κ3) is 4.48. The minimum atomic E-state index is -2.77. The average molecular weight is 469 g/mol. The second-order valence-electron chi connectivity index (χ2n) is 9.38. The lowest BCUT2D eigenvalue weighted by molar-refractivity contribution is 0.0529. The molecule has 1 amide bonds. The Bertz CT molecular complexity index is 1220. The predicted molar refractivity (Wildman–Crippen MR) is 118 cm³/mol. The number of thiophene rings is 1.